The van der Waals surface area contributed by atoms with Crippen LogP contribution < -0.4 is 15.0 Å². The summed E-state index contributed by atoms with van der Waals surface area (Å²) in [4.78, 5) is 21.0. The van der Waals surface area contributed by atoms with E-state index in [1.165, 1.54) is 33.7 Å². The highest BCUT2D eigenvalue weighted by Crippen LogP contribution is 2.40. The Bertz CT molecular complexity index is 1460. The SMILES string of the molecule is CCN1c2cc(C)c(/C=c3\sc4nc5ccccc5n4c3=O)cc2C(C)=CC1(C)C. The number of fused-ring (bicyclic) bond motifs is 4. The number of rotatable bonds is 2. The van der Waals surface area contributed by atoms with Gasteiger partial charge in [-0.05, 0) is 81.7 Å². The Balaban J connectivity index is 1.71. The zero-order valence-electron chi connectivity index (χ0n) is 18.0. The fraction of sp³-hybridized carbons (Fsp3) is 0.280. The van der Waals surface area contributed by atoms with Gasteiger partial charge in [-0.25, -0.2) is 9.38 Å². The van der Waals surface area contributed by atoms with E-state index in [1.807, 2.05) is 30.3 Å². The van der Waals surface area contributed by atoms with Crippen molar-refractivity contribution in [2.45, 2.75) is 40.2 Å². The molecule has 3 heterocycles. The molecule has 4 aromatic rings. The number of likely N-dealkylation sites (N-methyl/N-ethyl adjacent to an activating group) is 1. The van der Waals surface area contributed by atoms with Crippen LogP contribution in [0, 0.1) is 6.92 Å². The van der Waals surface area contributed by atoms with Crippen molar-refractivity contribution < 1.29 is 0 Å². The van der Waals surface area contributed by atoms with Crippen LogP contribution in [0.15, 0.2) is 47.3 Å². The average molecular weight is 416 g/mol. The van der Waals surface area contributed by atoms with Crippen LogP contribution >= 0.6 is 11.3 Å². The molecule has 1 aliphatic rings. The molecule has 0 N–H and O–H groups in total. The third kappa shape index (κ3) is 2.72. The van der Waals surface area contributed by atoms with Crippen LogP contribution in [0.4, 0.5) is 5.69 Å². The maximum atomic E-state index is 13.1. The summed E-state index contributed by atoms with van der Waals surface area (Å²) in [6.45, 7) is 12.0. The number of imidazole rings is 1. The van der Waals surface area contributed by atoms with E-state index in [0.717, 1.165) is 32.6 Å². The van der Waals surface area contributed by atoms with Crippen molar-refractivity contribution >= 4 is 44.7 Å². The molecule has 2 aromatic carbocycles. The molecule has 30 heavy (non-hydrogen) atoms. The largest absolute Gasteiger partial charge is 0.363 e. The van der Waals surface area contributed by atoms with E-state index in [9.17, 15) is 4.79 Å². The van der Waals surface area contributed by atoms with Crippen LogP contribution in [0.3, 0.4) is 0 Å². The number of aryl methyl sites for hydroxylation is 1. The predicted octanol–water partition coefficient (Wildman–Crippen LogP) is 4.79. The minimum atomic E-state index is -0.00815. The molecular weight excluding hydrogens is 390 g/mol. The van der Waals surface area contributed by atoms with Gasteiger partial charge >= 0.3 is 0 Å². The highest BCUT2D eigenvalue weighted by Gasteiger charge is 2.30. The van der Waals surface area contributed by atoms with Crippen molar-refractivity contribution in [2.75, 3.05) is 11.4 Å². The van der Waals surface area contributed by atoms with Gasteiger partial charge in [-0.3, -0.25) is 4.79 Å². The first-order valence-electron chi connectivity index (χ1n) is 10.3. The van der Waals surface area contributed by atoms with Gasteiger partial charge < -0.3 is 4.90 Å². The third-order valence-electron chi connectivity index (χ3n) is 6.11. The van der Waals surface area contributed by atoms with Gasteiger partial charge in [-0.1, -0.05) is 29.5 Å². The van der Waals surface area contributed by atoms with Crippen LogP contribution in [0.5, 0.6) is 0 Å². The van der Waals surface area contributed by atoms with Crippen LogP contribution in [0.1, 0.15) is 44.4 Å². The minimum Gasteiger partial charge on any atom is -0.363 e. The summed E-state index contributed by atoms with van der Waals surface area (Å²) in [5.41, 5.74) is 7.78. The van der Waals surface area contributed by atoms with Gasteiger partial charge in [0.15, 0.2) is 4.96 Å². The van der Waals surface area contributed by atoms with Crippen molar-refractivity contribution in [3.63, 3.8) is 0 Å². The first-order chi connectivity index (χ1) is 14.3. The van der Waals surface area contributed by atoms with Gasteiger partial charge in [0.25, 0.3) is 5.56 Å². The number of allylic oxidation sites excluding steroid dienone is 1. The standard InChI is InChI=1S/C25H25N3OS/c1-6-27-21-11-15(2)17(12-18(21)16(3)14-25(27,4)5)13-22-23(29)28-20-10-8-7-9-19(20)26-24(28)30-22/h7-14H,6H2,1-5H3/b22-13-. The molecule has 5 rings (SSSR count). The molecule has 0 fully saturated rings. The maximum Gasteiger partial charge on any atom is 0.274 e. The summed E-state index contributed by atoms with van der Waals surface area (Å²) in [6, 6.07) is 12.3. The van der Waals surface area contributed by atoms with Gasteiger partial charge in [-0.15, -0.1) is 0 Å². The quantitative estimate of drug-likeness (QED) is 0.473. The third-order valence-corrected chi connectivity index (χ3v) is 7.08. The molecule has 0 amide bonds. The van der Waals surface area contributed by atoms with Gasteiger partial charge in [0.1, 0.15) is 0 Å². The number of para-hydroxylation sites is 2. The predicted molar refractivity (Wildman–Crippen MR) is 128 cm³/mol. The van der Waals surface area contributed by atoms with E-state index in [2.05, 4.69) is 62.7 Å². The molecule has 0 saturated carbocycles. The highest BCUT2D eigenvalue weighted by atomic mass is 32.1. The molecule has 152 valence electrons. The van der Waals surface area contributed by atoms with E-state index in [1.54, 1.807) is 4.40 Å². The average Bonchev–Trinajstić information content (AvgIpc) is 3.19. The summed E-state index contributed by atoms with van der Waals surface area (Å²) in [5, 5.41) is 0. The number of hydrogen-bond acceptors (Lipinski definition) is 4. The van der Waals surface area contributed by atoms with E-state index < -0.39 is 0 Å². The van der Waals surface area contributed by atoms with E-state index in [-0.39, 0.29) is 11.1 Å². The Morgan fingerprint density at radius 2 is 1.93 bits per heavy atom. The molecular formula is C25H25N3OS. The van der Waals surface area contributed by atoms with Crippen molar-refractivity contribution in [1.82, 2.24) is 9.38 Å². The molecule has 0 saturated heterocycles. The van der Waals surface area contributed by atoms with E-state index in [4.69, 9.17) is 0 Å². The second-order valence-corrected chi connectivity index (χ2v) is 9.59. The molecule has 0 radical (unpaired) electrons. The minimum absolute atomic E-state index is 0.00408. The molecule has 0 atom stereocenters. The lowest BCUT2D eigenvalue weighted by Gasteiger charge is -2.43. The summed E-state index contributed by atoms with van der Waals surface area (Å²) < 4.78 is 2.45. The Morgan fingerprint density at radius 1 is 1.17 bits per heavy atom. The van der Waals surface area contributed by atoms with E-state index >= 15 is 0 Å². The first kappa shape index (κ1) is 19.1. The lowest BCUT2D eigenvalue weighted by molar-refractivity contribution is 0.566. The topological polar surface area (TPSA) is 37.6 Å². The molecule has 5 heteroatoms. The highest BCUT2D eigenvalue weighted by molar-refractivity contribution is 7.15. The van der Waals surface area contributed by atoms with Crippen molar-refractivity contribution in [3.8, 4) is 0 Å². The lowest BCUT2D eigenvalue weighted by atomic mass is 9.87. The monoisotopic (exact) mass is 415 g/mol. The Morgan fingerprint density at radius 3 is 2.70 bits per heavy atom. The number of thiazole rings is 1. The van der Waals surface area contributed by atoms with Gasteiger partial charge in [-0.2, -0.15) is 0 Å². The lowest BCUT2D eigenvalue weighted by Crippen LogP contribution is -2.45. The molecule has 4 nitrogen and oxygen atoms in total. The summed E-state index contributed by atoms with van der Waals surface area (Å²) in [7, 11) is 0. The number of aromatic nitrogens is 2. The summed E-state index contributed by atoms with van der Waals surface area (Å²) in [5.74, 6) is 0. The van der Waals surface area contributed by atoms with Gasteiger partial charge in [0.05, 0.1) is 21.1 Å². The summed E-state index contributed by atoms with van der Waals surface area (Å²) >= 11 is 1.45. The first-order valence-corrected chi connectivity index (χ1v) is 11.2. The smallest absolute Gasteiger partial charge is 0.274 e. The second kappa shape index (κ2) is 6.54. The van der Waals surface area contributed by atoms with E-state index in [0.29, 0.717) is 0 Å². The van der Waals surface area contributed by atoms with Crippen molar-refractivity contribution in [2.24, 2.45) is 0 Å². The van der Waals surface area contributed by atoms with Crippen LogP contribution in [0.2, 0.25) is 0 Å². The molecule has 2 aromatic heterocycles. The number of hydrogen-bond donors (Lipinski definition) is 0. The zero-order chi connectivity index (χ0) is 21.2. The Labute approximate surface area is 179 Å². The molecule has 1 aliphatic heterocycles. The van der Waals surface area contributed by atoms with Gasteiger partial charge in [0, 0.05) is 17.8 Å². The van der Waals surface area contributed by atoms with Crippen molar-refractivity contribution in [1.29, 1.82) is 0 Å². The normalized spacial score (nSPS) is 16.4. The number of nitrogens with zero attached hydrogens (tertiary/aromatic N) is 3. The van der Waals surface area contributed by atoms with Gasteiger partial charge in [0.2, 0.25) is 0 Å². The second-order valence-electron chi connectivity index (χ2n) is 8.59. The maximum absolute atomic E-state index is 13.1. The van der Waals surface area contributed by atoms with Crippen LogP contribution in [0.25, 0.3) is 27.6 Å². The fourth-order valence-electron chi connectivity index (χ4n) is 4.73. The Kier molecular flexibility index (Phi) is 4.16. The number of anilines is 1. The molecule has 0 spiro atoms. The Hall–Kier alpha value is -2.92. The zero-order valence-corrected chi connectivity index (χ0v) is 18.8. The molecule has 0 unspecified atom stereocenters. The fourth-order valence-corrected chi connectivity index (χ4v) is 5.71. The summed E-state index contributed by atoms with van der Waals surface area (Å²) in [6.07, 6.45) is 4.36. The molecule has 0 aliphatic carbocycles. The van der Waals surface area contributed by atoms with Crippen molar-refractivity contribution in [3.05, 3.63) is 74.1 Å². The molecule has 0 bridgehead atoms. The van der Waals surface area contributed by atoms with Crippen LogP contribution in [-0.2, 0) is 0 Å². The number of benzene rings is 2. The van der Waals surface area contributed by atoms with Crippen LogP contribution in [-0.4, -0.2) is 21.5 Å².